The molecule has 4 heteroatoms. The maximum Gasteiger partial charge on any atom is 0.244 e. The number of benzene rings is 2. The van der Waals surface area contributed by atoms with Gasteiger partial charge in [0.25, 0.3) is 0 Å². The lowest BCUT2D eigenvalue weighted by Crippen LogP contribution is -2.44. The Hall–Kier alpha value is -2.33. The summed E-state index contributed by atoms with van der Waals surface area (Å²) in [5.41, 5.74) is 2.15. The van der Waals surface area contributed by atoms with Gasteiger partial charge >= 0.3 is 0 Å². The minimum absolute atomic E-state index is 0.0372. The number of hydrogen-bond donors (Lipinski definition) is 1. The molecule has 4 rings (SSSR count). The molecule has 0 unspecified atom stereocenters. The lowest BCUT2D eigenvalue weighted by molar-refractivity contribution is -0.134. The first kappa shape index (κ1) is 16.2. The molecule has 130 valence electrons. The Bertz CT molecular complexity index is 726. The normalized spacial score (nSPS) is 20.6. The van der Waals surface area contributed by atoms with Gasteiger partial charge in [-0.15, -0.1) is 0 Å². The van der Waals surface area contributed by atoms with Crippen LogP contribution in [0.4, 0.5) is 0 Å². The first-order valence-electron chi connectivity index (χ1n) is 9.14. The Morgan fingerprint density at radius 1 is 1.00 bits per heavy atom. The predicted molar refractivity (Wildman–Crippen MR) is 97.4 cm³/mol. The Labute approximate surface area is 148 Å². The number of nitrogens with one attached hydrogen (secondary N) is 1. The van der Waals surface area contributed by atoms with Gasteiger partial charge in [0.05, 0.1) is 6.04 Å². The summed E-state index contributed by atoms with van der Waals surface area (Å²) in [6, 6.07) is 17.8. The van der Waals surface area contributed by atoms with Crippen LogP contribution in [0, 0.1) is 0 Å². The van der Waals surface area contributed by atoms with Gasteiger partial charge in [0, 0.05) is 18.7 Å². The summed E-state index contributed by atoms with van der Waals surface area (Å²) in [4.78, 5) is 15.2. The summed E-state index contributed by atoms with van der Waals surface area (Å²) in [5.74, 6) is 1.09. The summed E-state index contributed by atoms with van der Waals surface area (Å²) in [5, 5.41) is 3.57. The average molecular weight is 336 g/mol. The molecule has 4 nitrogen and oxygen atoms in total. The third kappa shape index (κ3) is 3.40. The van der Waals surface area contributed by atoms with Crippen molar-refractivity contribution >= 4 is 5.91 Å². The van der Waals surface area contributed by atoms with Crippen LogP contribution in [0.25, 0.3) is 0 Å². The van der Waals surface area contributed by atoms with Gasteiger partial charge in [-0.3, -0.25) is 10.1 Å². The zero-order valence-corrected chi connectivity index (χ0v) is 14.4. The van der Waals surface area contributed by atoms with Crippen molar-refractivity contribution in [2.24, 2.45) is 0 Å². The Morgan fingerprint density at radius 2 is 1.72 bits per heavy atom. The van der Waals surface area contributed by atoms with Crippen molar-refractivity contribution in [2.75, 3.05) is 19.7 Å². The van der Waals surface area contributed by atoms with Crippen LogP contribution in [-0.2, 0) is 4.79 Å². The van der Waals surface area contributed by atoms with Crippen LogP contribution >= 0.6 is 0 Å². The lowest BCUT2D eigenvalue weighted by atomic mass is 10.0. The average Bonchev–Trinajstić information content (AvgIpc) is 3.10. The van der Waals surface area contributed by atoms with Gasteiger partial charge in [0.1, 0.15) is 18.4 Å². The van der Waals surface area contributed by atoms with E-state index in [9.17, 15) is 4.79 Å². The van der Waals surface area contributed by atoms with E-state index in [1.54, 1.807) is 0 Å². The Balaban J connectivity index is 1.59. The summed E-state index contributed by atoms with van der Waals surface area (Å²) in [6.07, 6.45) is 3.42. The standard InChI is InChI=1S/C21H24N2O2/c24-21(23-13-7-2-8-14-23)20(16-9-3-1-4-10-16)22-18-15-25-19-12-6-5-11-17(18)19/h1,3-6,9-12,18,20,22H,2,7-8,13-15H2/t18-,20-/m0/s1. The molecule has 2 aliphatic rings. The third-order valence-corrected chi connectivity index (χ3v) is 5.12. The molecule has 1 N–H and O–H groups in total. The smallest absolute Gasteiger partial charge is 0.244 e. The zero-order chi connectivity index (χ0) is 17.1. The van der Waals surface area contributed by atoms with Gasteiger partial charge in [-0.05, 0) is 30.9 Å². The molecule has 2 aromatic carbocycles. The quantitative estimate of drug-likeness (QED) is 0.930. The highest BCUT2D eigenvalue weighted by atomic mass is 16.5. The van der Waals surface area contributed by atoms with E-state index in [0.717, 1.165) is 42.8 Å². The Kier molecular flexibility index (Phi) is 4.70. The first-order chi connectivity index (χ1) is 12.3. The van der Waals surface area contributed by atoms with E-state index in [0.29, 0.717) is 6.61 Å². The van der Waals surface area contributed by atoms with Gasteiger partial charge in [0.15, 0.2) is 0 Å². The third-order valence-electron chi connectivity index (χ3n) is 5.12. The highest BCUT2D eigenvalue weighted by Gasteiger charge is 2.32. The van der Waals surface area contributed by atoms with E-state index in [1.807, 2.05) is 53.4 Å². The van der Waals surface area contributed by atoms with E-state index in [4.69, 9.17) is 4.74 Å². The number of para-hydroxylation sites is 1. The van der Waals surface area contributed by atoms with E-state index in [2.05, 4.69) is 11.4 Å². The van der Waals surface area contributed by atoms with E-state index in [-0.39, 0.29) is 18.0 Å². The largest absolute Gasteiger partial charge is 0.491 e. The fraction of sp³-hybridized carbons (Fsp3) is 0.381. The summed E-state index contributed by atoms with van der Waals surface area (Å²) >= 11 is 0. The SMILES string of the molecule is O=C([C@@H](N[C@H]1COc2ccccc21)c1ccccc1)N1CCCCC1. The molecule has 2 aromatic rings. The fourth-order valence-electron chi connectivity index (χ4n) is 3.75. The van der Waals surface area contributed by atoms with E-state index < -0.39 is 0 Å². The molecule has 25 heavy (non-hydrogen) atoms. The van der Waals surface area contributed by atoms with Gasteiger partial charge in [0.2, 0.25) is 5.91 Å². The minimum atomic E-state index is -0.334. The molecule has 0 aromatic heterocycles. The van der Waals surface area contributed by atoms with Crippen LogP contribution in [0.2, 0.25) is 0 Å². The van der Waals surface area contributed by atoms with Crippen LogP contribution in [0.1, 0.15) is 42.5 Å². The van der Waals surface area contributed by atoms with Crippen molar-refractivity contribution in [3.63, 3.8) is 0 Å². The number of fused-ring (bicyclic) bond motifs is 1. The molecule has 0 saturated carbocycles. The van der Waals surface area contributed by atoms with Gasteiger partial charge in [-0.2, -0.15) is 0 Å². The van der Waals surface area contributed by atoms with Gasteiger partial charge in [-0.25, -0.2) is 0 Å². The summed E-state index contributed by atoms with van der Waals surface area (Å²) in [7, 11) is 0. The molecule has 2 aliphatic heterocycles. The van der Waals surface area contributed by atoms with Crippen LogP contribution in [-0.4, -0.2) is 30.5 Å². The highest BCUT2D eigenvalue weighted by molar-refractivity contribution is 5.83. The molecule has 0 radical (unpaired) electrons. The number of carbonyl (C=O) groups excluding carboxylic acids is 1. The number of carbonyl (C=O) groups is 1. The van der Waals surface area contributed by atoms with Crippen molar-refractivity contribution in [3.05, 3.63) is 65.7 Å². The molecule has 0 bridgehead atoms. The van der Waals surface area contributed by atoms with Gasteiger partial charge < -0.3 is 9.64 Å². The van der Waals surface area contributed by atoms with Crippen LogP contribution in [0.3, 0.4) is 0 Å². The van der Waals surface area contributed by atoms with Crippen LogP contribution < -0.4 is 10.1 Å². The maximum atomic E-state index is 13.2. The number of amides is 1. The minimum Gasteiger partial charge on any atom is -0.491 e. The molecular formula is C21H24N2O2. The Morgan fingerprint density at radius 3 is 2.52 bits per heavy atom. The summed E-state index contributed by atoms with van der Waals surface area (Å²) in [6.45, 7) is 2.29. The second kappa shape index (κ2) is 7.28. The molecule has 2 heterocycles. The number of hydrogen-bond acceptors (Lipinski definition) is 3. The molecule has 0 aliphatic carbocycles. The number of nitrogens with zero attached hydrogens (tertiary/aromatic N) is 1. The molecule has 2 atom stereocenters. The van der Waals surface area contributed by atoms with E-state index in [1.165, 1.54) is 6.42 Å². The topological polar surface area (TPSA) is 41.6 Å². The molecule has 1 saturated heterocycles. The number of rotatable bonds is 4. The van der Waals surface area contributed by atoms with Crippen LogP contribution in [0.5, 0.6) is 5.75 Å². The fourth-order valence-corrected chi connectivity index (χ4v) is 3.75. The van der Waals surface area contributed by atoms with Crippen molar-refractivity contribution in [3.8, 4) is 5.75 Å². The molecule has 1 amide bonds. The molecule has 0 spiro atoms. The van der Waals surface area contributed by atoms with Crippen molar-refractivity contribution < 1.29 is 9.53 Å². The zero-order valence-electron chi connectivity index (χ0n) is 14.4. The van der Waals surface area contributed by atoms with E-state index >= 15 is 0 Å². The number of piperidine rings is 1. The van der Waals surface area contributed by atoms with Crippen molar-refractivity contribution in [1.29, 1.82) is 0 Å². The lowest BCUT2D eigenvalue weighted by Gasteiger charge is -2.32. The maximum absolute atomic E-state index is 13.2. The predicted octanol–water partition coefficient (Wildman–Crippen LogP) is 3.46. The van der Waals surface area contributed by atoms with Crippen LogP contribution in [0.15, 0.2) is 54.6 Å². The second-order valence-corrected chi connectivity index (χ2v) is 6.80. The first-order valence-corrected chi connectivity index (χ1v) is 9.14. The number of likely N-dealkylation sites (tertiary alicyclic amines) is 1. The molecular weight excluding hydrogens is 312 g/mol. The second-order valence-electron chi connectivity index (χ2n) is 6.80. The van der Waals surface area contributed by atoms with Crippen molar-refractivity contribution in [2.45, 2.75) is 31.3 Å². The van der Waals surface area contributed by atoms with Gasteiger partial charge in [-0.1, -0.05) is 48.5 Å². The highest BCUT2D eigenvalue weighted by Crippen LogP contribution is 2.34. The molecule has 1 fully saturated rings. The monoisotopic (exact) mass is 336 g/mol. The number of ether oxygens (including phenoxy) is 1. The summed E-state index contributed by atoms with van der Waals surface area (Å²) < 4.78 is 5.79. The van der Waals surface area contributed by atoms with Crippen molar-refractivity contribution in [1.82, 2.24) is 10.2 Å².